The molecule has 2 amide bonds. The van der Waals surface area contributed by atoms with Crippen molar-refractivity contribution in [2.45, 2.75) is 24.8 Å². The third-order valence-electron chi connectivity index (χ3n) is 4.19. The molecular weight excluding hydrogens is 442 g/mol. The maximum Gasteiger partial charge on any atom is 0.433 e. The largest absolute Gasteiger partial charge is 0.433 e. The number of para-hydroxylation sites is 1. The van der Waals surface area contributed by atoms with Gasteiger partial charge in [0.05, 0.1) is 10.8 Å². The number of thiocarbonyl (C=S) groups is 1. The lowest BCUT2D eigenvalue weighted by molar-refractivity contribution is -0.402. The van der Waals surface area contributed by atoms with E-state index in [-0.39, 0.29) is 11.6 Å². The number of hydrogen-bond donors (Lipinski definition) is 2. The topological polar surface area (TPSA) is 124 Å². The van der Waals surface area contributed by atoms with E-state index in [1.165, 1.54) is 47.3 Å². The average molecular weight is 462 g/mol. The van der Waals surface area contributed by atoms with Crippen LogP contribution < -0.4 is 5.32 Å². The first-order valence-corrected chi connectivity index (χ1v) is 10.2. The van der Waals surface area contributed by atoms with Crippen LogP contribution in [0.1, 0.15) is 19.6 Å². The molecule has 1 unspecified atom stereocenters. The minimum Gasteiger partial charge on any atom is -0.401 e. The van der Waals surface area contributed by atoms with Gasteiger partial charge in [-0.2, -0.15) is 10.2 Å². The molecule has 3 rings (SSSR count). The van der Waals surface area contributed by atoms with E-state index in [9.17, 15) is 20.1 Å². The number of thioether (sulfide) groups is 1. The van der Waals surface area contributed by atoms with Crippen molar-refractivity contribution in [2.75, 3.05) is 5.32 Å². The first-order valence-electron chi connectivity index (χ1n) is 9.00. The predicted molar refractivity (Wildman–Crippen MR) is 122 cm³/mol. The van der Waals surface area contributed by atoms with Gasteiger partial charge in [-0.25, -0.2) is 9.80 Å². The van der Waals surface area contributed by atoms with Crippen LogP contribution >= 0.6 is 24.0 Å². The first-order chi connectivity index (χ1) is 14.7. The molecule has 0 radical (unpaired) electrons. The highest BCUT2D eigenvalue weighted by atomic mass is 32.2. The van der Waals surface area contributed by atoms with Crippen molar-refractivity contribution in [3.05, 3.63) is 64.4 Å². The summed E-state index contributed by atoms with van der Waals surface area (Å²) >= 11 is 6.66. The maximum absolute atomic E-state index is 12.6. The molecule has 0 spiro atoms. The van der Waals surface area contributed by atoms with Crippen molar-refractivity contribution >= 4 is 58.2 Å². The summed E-state index contributed by atoms with van der Waals surface area (Å²) in [5.41, 5.74) is 0.531. The highest BCUT2D eigenvalue weighted by Crippen LogP contribution is 2.42. The number of benzene rings is 1. The molecule has 0 aliphatic carbocycles. The smallest absolute Gasteiger partial charge is 0.401 e. The van der Waals surface area contributed by atoms with Gasteiger partial charge < -0.3 is 9.73 Å². The molecule has 0 saturated carbocycles. The molecule has 1 saturated heterocycles. The number of carbonyl (C=O) groups is 1. The van der Waals surface area contributed by atoms with Gasteiger partial charge in [-0.3, -0.25) is 15.3 Å². The minimum absolute atomic E-state index is 0.277. The van der Waals surface area contributed by atoms with E-state index in [0.717, 1.165) is 0 Å². The van der Waals surface area contributed by atoms with Crippen molar-refractivity contribution < 1.29 is 19.3 Å². The highest BCUT2D eigenvalue weighted by Gasteiger charge is 2.50. The summed E-state index contributed by atoms with van der Waals surface area (Å²) in [7, 11) is 0. The molecule has 1 atom stereocenters. The lowest BCUT2D eigenvalue weighted by atomic mass is 10.1. The second kappa shape index (κ2) is 9.29. The van der Waals surface area contributed by atoms with Gasteiger partial charge in [-0.05, 0) is 44.2 Å². The van der Waals surface area contributed by atoms with E-state index < -0.39 is 21.9 Å². The van der Waals surface area contributed by atoms with Crippen molar-refractivity contribution in [1.82, 2.24) is 10.1 Å². The molecule has 0 bridgehead atoms. The Morgan fingerprint density at radius 1 is 1.39 bits per heavy atom. The van der Waals surface area contributed by atoms with Crippen LogP contribution in [0.3, 0.4) is 0 Å². The second-order valence-corrected chi connectivity index (χ2v) is 9.18. The van der Waals surface area contributed by atoms with Crippen LogP contribution in [0.2, 0.25) is 0 Å². The van der Waals surface area contributed by atoms with Gasteiger partial charge in [0.25, 0.3) is 0 Å². The normalized spacial score (nSPS) is 18.1. The van der Waals surface area contributed by atoms with Crippen LogP contribution in [-0.2, 0) is 0 Å². The fourth-order valence-corrected chi connectivity index (χ4v) is 4.61. The van der Waals surface area contributed by atoms with Gasteiger partial charge >= 0.3 is 11.9 Å². The SMILES string of the molecule is CC1(C)SC(=S)N(/N=C/C=C/c2ccc([N+](=O)[O-])o2)C1N(O)C(=O)Nc1ccccc1. The van der Waals surface area contributed by atoms with E-state index in [4.69, 9.17) is 16.6 Å². The number of hydroxylamine groups is 2. The molecule has 10 nitrogen and oxygen atoms in total. The van der Waals surface area contributed by atoms with Crippen molar-refractivity contribution in [2.24, 2.45) is 5.10 Å². The number of allylic oxidation sites excluding steroid dienone is 1. The van der Waals surface area contributed by atoms with Gasteiger partial charge in [-0.15, -0.1) is 0 Å². The Hall–Kier alpha value is -3.22. The lowest BCUT2D eigenvalue weighted by Gasteiger charge is -2.34. The number of amides is 2. The van der Waals surface area contributed by atoms with Gasteiger partial charge in [-0.1, -0.05) is 42.2 Å². The third kappa shape index (κ3) is 5.29. The zero-order chi connectivity index (χ0) is 22.6. The van der Waals surface area contributed by atoms with E-state index in [0.29, 0.717) is 15.1 Å². The summed E-state index contributed by atoms with van der Waals surface area (Å²) in [6.45, 7) is 3.67. The molecule has 2 heterocycles. The summed E-state index contributed by atoms with van der Waals surface area (Å²) in [5, 5.41) is 30.1. The zero-order valence-corrected chi connectivity index (χ0v) is 18.2. The van der Waals surface area contributed by atoms with Crippen molar-refractivity contribution in [3.8, 4) is 0 Å². The number of hydrogen-bond acceptors (Lipinski definition) is 8. The first kappa shape index (κ1) is 22.5. The van der Waals surface area contributed by atoms with Crippen LogP contribution in [-0.4, -0.2) is 47.7 Å². The molecule has 162 valence electrons. The fraction of sp³-hybridized carbons (Fsp3) is 0.211. The number of urea groups is 1. The summed E-state index contributed by atoms with van der Waals surface area (Å²) in [5.74, 6) is -0.0877. The number of nitrogens with one attached hydrogen (secondary N) is 1. The zero-order valence-electron chi connectivity index (χ0n) is 16.5. The summed E-state index contributed by atoms with van der Waals surface area (Å²) in [6.07, 6.45) is 3.51. The van der Waals surface area contributed by atoms with E-state index in [2.05, 4.69) is 10.4 Å². The van der Waals surface area contributed by atoms with Gasteiger partial charge in [0.1, 0.15) is 10.7 Å². The summed E-state index contributed by atoms with van der Waals surface area (Å²) in [6, 6.07) is 10.7. The Morgan fingerprint density at radius 2 is 2.10 bits per heavy atom. The molecule has 1 aromatic carbocycles. The Labute approximate surface area is 187 Å². The van der Waals surface area contributed by atoms with Crippen LogP contribution in [0.5, 0.6) is 0 Å². The number of furan rings is 1. The van der Waals surface area contributed by atoms with Crippen LogP contribution in [0.15, 0.2) is 58.1 Å². The van der Waals surface area contributed by atoms with Crippen LogP contribution in [0.25, 0.3) is 6.08 Å². The predicted octanol–water partition coefficient (Wildman–Crippen LogP) is 4.55. The quantitative estimate of drug-likeness (QED) is 0.211. The Balaban J connectivity index is 1.73. The van der Waals surface area contributed by atoms with Gasteiger partial charge in [0, 0.05) is 11.9 Å². The molecule has 2 aromatic rings. The minimum atomic E-state index is -0.872. The molecule has 1 aromatic heterocycles. The fourth-order valence-electron chi connectivity index (χ4n) is 2.82. The van der Waals surface area contributed by atoms with E-state index in [1.54, 1.807) is 24.3 Å². The monoisotopic (exact) mass is 461 g/mol. The Bertz CT molecular complexity index is 1040. The van der Waals surface area contributed by atoms with Crippen LogP contribution in [0, 0.1) is 10.1 Å². The number of rotatable bonds is 6. The van der Waals surface area contributed by atoms with E-state index in [1.807, 2.05) is 19.9 Å². The standard InChI is InChI=1S/C19H19N5O5S2/c1-19(2)16(23(26)17(25)21-13-7-4-3-5-8-13)22(18(30)31-19)20-12-6-9-14-10-11-15(29-14)24(27)28/h3-12,16,26H,1-2H3,(H,21,25)/b9-6+,20-12+. The van der Waals surface area contributed by atoms with Crippen molar-refractivity contribution in [1.29, 1.82) is 0 Å². The number of nitrogens with zero attached hydrogens (tertiary/aromatic N) is 4. The number of anilines is 1. The molecule has 12 heteroatoms. The molecular formula is C19H19N5O5S2. The summed E-state index contributed by atoms with van der Waals surface area (Å²) < 4.78 is 4.75. The molecule has 31 heavy (non-hydrogen) atoms. The molecule has 1 aliphatic rings. The second-order valence-electron chi connectivity index (χ2n) is 6.89. The molecule has 2 N–H and O–H groups in total. The summed E-state index contributed by atoms with van der Waals surface area (Å²) in [4.78, 5) is 22.6. The van der Waals surface area contributed by atoms with Gasteiger partial charge in [0.2, 0.25) is 0 Å². The Kier molecular flexibility index (Phi) is 6.73. The number of nitro groups is 1. The Morgan fingerprint density at radius 3 is 2.74 bits per heavy atom. The van der Waals surface area contributed by atoms with Crippen molar-refractivity contribution in [3.63, 3.8) is 0 Å². The number of carbonyl (C=O) groups excluding carboxylic acids is 1. The third-order valence-corrected chi connectivity index (χ3v) is 5.72. The highest BCUT2D eigenvalue weighted by molar-refractivity contribution is 8.24. The molecule has 1 aliphatic heterocycles. The molecule has 1 fully saturated rings. The number of hydrazone groups is 1. The average Bonchev–Trinajstić information content (AvgIpc) is 3.27. The van der Waals surface area contributed by atoms with Crippen LogP contribution in [0.4, 0.5) is 16.4 Å². The maximum atomic E-state index is 12.6. The van der Waals surface area contributed by atoms with E-state index >= 15 is 0 Å². The van der Waals surface area contributed by atoms with Gasteiger partial charge in [0.15, 0.2) is 10.5 Å². The lowest BCUT2D eigenvalue weighted by Crippen LogP contribution is -2.54.